The van der Waals surface area contributed by atoms with E-state index in [-0.39, 0.29) is 23.5 Å². The van der Waals surface area contributed by atoms with Gasteiger partial charge < -0.3 is 44.4 Å². The fraction of sp³-hybridized carbons (Fsp3) is 0.500. The Balaban J connectivity index is 1.25. The second-order valence-electron chi connectivity index (χ2n) is 16.2. The number of hydrogen-bond acceptors (Lipinski definition) is 9. The molecule has 3 aliphatic heterocycles. The summed E-state index contributed by atoms with van der Waals surface area (Å²) in [5.74, 6) is 4.78. The van der Waals surface area contributed by atoms with Gasteiger partial charge in [0.15, 0.2) is 34.5 Å². The Morgan fingerprint density at radius 3 is 1.16 bits per heavy atom. The van der Waals surface area contributed by atoms with Crippen LogP contribution in [0, 0.1) is 12.3 Å². The van der Waals surface area contributed by atoms with Crippen LogP contribution < -0.4 is 44.4 Å². The minimum absolute atomic E-state index is 0.00759. The molecule has 9 heteroatoms. The Kier molecular flexibility index (Phi) is 13.2. The third kappa shape index (κ3) is 8.86. The lowest BCUT2D eigenvalue weighted by Gasteiger charge is -2.40. The van der Waals surface area contributed by atoms with Crippen LogP contribution in [0.5, 0.6) is 34.5 Å². The zero-order valence-corrected chi connectivity index (χ0v) is 35.1. The second kappa shape index (κ2) is 18.4. The quantitative estimate of drug-likeness (QED) is 0.0976. The molecule has 3 atom stereocenters. The fourth-order valence-electron chi connectivity index (χ4n) is 9.88. The van der Waals surface area contributed by atoms with Gasteiger partial charge in [-0.15, -0.1) is 0 Å². The number of ether oxygens (including phenoxy) is 6. The minimum atomic E-state index is 0.00759. The average Bonchev–Trinajstić information content (AvgIpc) is 3.25. The number of methoxy groups -OCH3 is 6. The molecule has 0 bridgehead atoms. The van der Waals surface area contributed by atoms with Gasteiger partial charge in [-0.05, 0) is 177 Å². The Hall–Kier alpha value is -4.44. The SMILES string of the molecule is COc1cc2c(cc1OC)C(CCC(CCC1NCCc3cc(OC)c(OC)cc31)(CCC1NCCc3cc(OC)c(OC)cc31)Cc1ccccc1C)NCC2. The molecule has 0 saturated heterocycles. The Labute approximate surface area is 340 Å². The maximum Gasteiger partial charge on any atom is 0.161 e. The molecule has 0 saturated carbocycles. The normalized spacial score (nSPS) is 19.7. The molecule has 7 rings (SSSR count). The highest BCUT2D eigenvalue weighted by Gasteiger charge is 2.36. The molecule has 0 aliphatic carbocycles. The predicted molar refractivity (Wildman–Crippen MR) is 227 cm³/mol. The van der Waals surface area contributed by atoms with E-state index in [1.54, 1.807) is 42.7 Å². The van der Waals surface area contributed by atoms with Crippen LogP contribution in [0.1, 0.15) is 101 Å². The van der Waals surface area contributed by atoms with Crippen molar-refractivity contribution < 1.29 is 28.4 Å². The molecule has 0 amide bonds. The summed E-state index contributed by atoms with van der Waals surface area (Å²) >= 11 is 0. The van der Waals surface area contributed by atoms with Crippen molar-refractivity contribution in [3.63, 3.8) is 0 Å². The molecule has 57 heavy (non-hydrogen) atoms. The van der Waals surface area contributed by atoms with Crippen molar-refractivity contribution >= 4 is 0 Å². The van der Waals surface area contributed by atoms with E-state index in [0.717, 1.165) is 118 Å². The largest absolute Gasteiger partial charge is 0.493 e. The number of hydrogen-bond donors (Lipinski definition) is 3. The van der Waals surface area contributed by atoms with Crippen molar-refractivity contribution in [2.45, 2.75) is 89.3 Å². The summed E-state index contributed by atoms with van der Waals surface area (Å²) in [7, 11) is 10.4. The molecule has 0 aromatic heterocycles. The van der Waals surface area contributed by atoms with E-state index in [2.05, 4.69) is 83.5 Å². The van der Waals surface area contributed by atoms with Gasteiger partial charge in [-0.3, -0.25) is 0 Å². The highest BCUT2D eigenvalue weighted by molar-refractivity contribution is 5.51. The van der Waals surface area contributed by atoms with E-state index in [1.165, 1.54) is 44.5 Å². The number of benzene rings is 4. The smallest absolute Gasteiger partial charge is 0.161 e. The zero-order valence-electron chi connectivity index (χ0n) is 35.1. The van der Waals surface area contributed by atoms with Crippen LogP contribution in [0.25, 0.3) is 0 Å². The molecule has 0 radical (unpaired) electrons. The fourth-order valence-corrected chi connectivity index (χ4v) is 9.88. The molecule has 3 aliphatic rings. The molecule has 0 fully saturated rings. The average molecular weight is 778 g/mol. The zero-order chi connectivity index (χ0) is 39.9. The molecular weight excluding hydrogens is 715 g/mol. The molecule has 9 nitrogen and oxygen atoms in total. The van der Waals surface area contributed by atoms with Gasteiger partial charge in [0.25, 0.3) is 0 Å². The Morgan fingerprint density at radius 2 is 0.825 bits per heavy atom. The van der Waals surface area contributed by atoms with E-state index in [9.17, 15) is 0 Å². The van der Waals surface area contributed by atoms with Crippen molar-refractivity contribution in [2.24, 2.45) is 5.41 Å². The van der Waals surface area contributed by atoms with Crippen LogP contribution in [0.2, 0.25) is 0 Å². The summed E-state index contributed by atoms with van der Waals surface area (Å²) in [4.78, 5) is 0. The molecule has 4 aromatic carbocycles. The Morgan fingerprint density at radius 1 is 0.491 bits per heavy atom. The first-order chi connectivity index (χ1) is 27.8. The van der Waals surface area contributed by atoms with E-state index in [4.69, 9.17) is 28.4 Å². The van der Waals surface area contributed by atoms with E-state index in [0.29, 0.717) is 0 Å². The Bertz CT molecular complexity index is 1810. The molecule has 3 heterocycles. The van der Waals surface area contributed by atoms with Crippen LogP contribution in [0.3, 0.4) is 0 Å². The van der Waals surface area contributed by atoms with Gasteiger partial charge in [-0.2, -0.15) is 0 Å². The van der Waals surface area contributed by atoms with Crippen molar-refractivity contribution in [3.8, 4) is 34.5 Å². The van der Waals surface area contributed by atoms with E-state index < -0.39 is 0 Å². The van der Waals surface area contributed by atoms with Crippen molar-refractivity contribution in [3.05, 3.63) is 105 Å². The lowest BCUT2D eigenvalue weighted by Crippen LogP contribution is -2.36. The standard InChI is InChI=1S/C48H63N3O6/c1-31-10-8-9-11-35(31)30-48(18-12-39-36-27-45(55-5)42(52-2)24-32(36)15-21-49-39,19-13-40-37-28-46(56-6)43(53-3)25-33(37)16-22-50-40)20-14-41-38-29-47(57-7)44(54-4)26-34(38)17-23-51-41/h8-11,24-29,39-41,49-51H,12-23,30H2,1-7H3. The molecule has 3 unspecified atom stereocenters. The highest BCUT2D eigenvalue weighted by Crippen LogP contribution is 2.47. The summed E-state index contributed by atoms with van der Waals surface area (Å²) in [5, 5.41) is 11.8. The summed E-state index contributed by atoms with van der Waals surface area (Å²) in [6.07, 6.45) is 10.2. The van der Waals surface area contributed by atoms with Crippen LogP contribution in [-0.2, 0) is 25.7 Å². The molecular formula is C48H63N3O6. The van der Waals surface area contributed by atoms with Gasteiger partial charge in [-0.1, -0.05) is 24.3 Å². The van der Waals surface area contributed by atoms with E-state index >= 15 is 0 Å². The van der Waals surface area contributed by atoms with Gasteiger partial charge in [0.05, 0.1) is 42.7 Å². The highest BCUT2D eigenvalue weighted by atomic mass is 16.5. The van der Waals surface area contributed by atoms with Gasteiger partial charge >= 0.3 is 0 Å². The number of aryl methyl sites for hydroxylation is 1. The van der Waals surface area contributed by atoms with Gasteiger partial charge in [0, 0.05) is 18.1 Å². The van der Waals surface area contributed by atoms with Gasteiger partial charge in [0.1, 0.15) is 0 Å². The minimum Gasteiger partial charge on any atom is -0.493 e. The van der Waals surface area contributed by atoms with Crippen LogP contribution in [0.15, 0.2) is 60.7 Å². The summed E-state index contributed by atoms with van der Waals surface area (Å²) in [6, 6.07) is 22.9. The third-order valence-electron chi connectivity index (χ3n) is 13.1. The predicted octanol–water partition coefficient (Wildman–Crippen LogP) is 8.58. The first kappa shape index (κ1) is 40.7. The first-order valence-corrected chi connectivity index (χ1v) is 20.8. The summed E-state index contributed by atoms with van der Waals surface area (Å²) in [5.41, 5.74) is 10.8. The molecule has 4 aromatic rings. The van der Waals surface area contributed by atoms with Gasteiger partial charge in [-0.25, -0.2) is 0 Å². The molecule has 3 N–H and O–H groups in total. The monoisotopic (exact) mass is 777 g/mol. The summed E-state index contributed by atoms with van der Waals surface area (Å²) < 4.78 is 34.6. The lowest BCUT2D eigenvalue weighted by atomic mass is 9.67. The van der Waals surface area contributed by atoms with Crippen molar-refractivity contribution in [2.75, 3.05) is 62.3 Å². The number of rotatable bonds is 17. The molecule has 306 valence electrons. The van der Waals surface area contributed by atoms with E-state index in [1.807, 2.05) is 0 Å². The maximum atomic E-state index is 5.82. The summed E-state index contributed by atoms with van der Waals surface area (Å²) in [6.45, 7) is 5.11. The first-order valence-electron chi connectivity index (χ1n) is 20.8. The number of nitrogens with one attached hydrogen (secondary N) is 3. The van der Waals surface area contributed by atoms with Crippen LogP contribution in [0.4, 0.5) is 0 Å². The molecule has 0 spiro atoms. The maximum absolute atomic E-state index is 5.82. The van der Waals surface area contributed by atoms with Gasteiger partial charge in [0.2, 0.25) is 0 Å². The van der Waals surface area contributed by atoms with Crippen molar-refractivity contribution in [1.82, 2.24) is 16.0 Å². The van der Waals surface area contributed by atoms with Crippen LogP contribution >= 0.6 is 0 Å². The topological polar surface area (TPSA) is 91.5 Å². The van der Waals surface area contributed by atoms with Crippen molar-refractivity contribution in [1.29, 1.82) is 0 Å². The number of fused-ring (bicyclic) bond motifs is 3. The second-order valence-corrected chi connectivity index (χ2v) is 16.2. The third-order valence-corrected chi connectivity index (χ3v) is 13.1. The van der Waals surface area contributed by atoms with Crippen LogP contribution in [-0.4, -0.2) is 62.3 Å². The lowest BCUT2D eigenvalue weighted by molar-refractivity contribution is 0.171.